The maximum atomic E-state index is 5.99. The van der Waals surface area contributed by atoms with Crippen LogP contribution in [0.4, 0.5) is 0 Å². The van der Waals surface area contributed by atoms with Gasteiger partial charge in [-0.15, -0.1) is 0 Å². The lowest BCUT2D eigenvalue weighted by molar-refractivity contribution is 0.419. The highest BCUT2D eigenvalue weighted by atomic mass is 127. The van der Waals surface area contributed by atoms with Crippen LogP contribution in [0.15, 0.2) is 53.5 Å². The van der Waals surface area contributed by atoms with E-state index >= 15 is 0 Å². The second-order valence-corrected chi connectivity index (χ2v) is 7.22. The van der Waals surface area contributed by atoms with Crippen molar-refractivity contribution in [3.63, 3.8) is 0 Å². The van der Waals surface area contributed by atoms with E-state index in [-0.39, 0.29) is 6.17 Å². The lowest BCUT2D eigenvalue weighted by Crippen LogP contribution is -2.09. The van der Waals surface area contributed by atoms with Gasteiger partial charge in [-0.3, -0.25) is 9.89 Å². The average Bonchev–Trinajstić information content (AvgIpc) is 3.13. The number of benzene rings is 2. The summed E-state index contributed by atoms with van der Waals surface area (Å²) in [5.41, 5.74) is 3.79. The summed E-state index contributed by atoms with van der Waals surface area (Å²) in [4.78, 5) is 7.28. The predicted molar refractivity (Wildman–Crippen MR) is 95.0 cm³/mol. The SMILES string of the molecule is C[C@@H]1N=C(c2ccc(I)cc2)[C@H]2[C@H](c3ccc(Cl)cc3)N12. The summed E-state index contributed by atoms with van der Waals surface area (Å²) in [5, 5.41) is 0.791. The number of halogens is 2. The van der Waals surface area contributed by atoms with E-state index in [0.29, 0.717) is 12.1 Å². The van der Waals surface area contributed by atoms with Crippen LogP contribution in [0.1, 0.15) is 24.1 Å². The summed E-state index contributed by atoms with van der Waals surface area (Å²) >= 11 is 8.32. The van der Waals surface area contributed by atoms with Crippen LogP contribution in [0, 0.1) is 3.57 Å². The zero-order chi connectivity index (χ0) is 14.6. The first-order valence-corrected chi connectivity index (χ1v) is 8.47. The summed E-state index contributed by atoms with van der Waals surface area (Å²) in [5.74, 6) is 0. The summed E-state index contributed by atoms with van der Waals surface area (Å²) < 4.78 is 1.25. The van der Waals surface area contributed by atoms with E-state index in [1.54, 1.807) is 0 Å². The quantitative estimate of drug-likeness (QED) is 0.527. The van der Waals surface area contributed by atoms with Crippen molar-refractivity contribution in [2.24, 2.45) is 4.99 Å². The molecular formula is C17H14ClIN2. The van der Waals surface area contributed by atoms with Gasteiger partial charge in [0.15, 0.2) is 0 Å². The van der Waals surface area contributed by atoms with Crippen molar-refractivity contribution in [3.05, 3.63) is 68.3 Å². The molecule has 106 valence electrons. The minimum absolute atomic E-state index is 0.255. The molecule has 0 saturated carbocycles. The van der Waals surface area contributed by atoms with E-state index in [0.717, 1.165) is 5.02 Å². The van der Waals surface area contributed by atoms with Crippen molar-refractivity contribution >= 4 is 39.9 Å². The molecule has 4 atom stereocenters. The summed E-state index contributed by atoms with van der Waals surface area (Å²) in [7, 11) is 0. The lowest BCUT2D eigenvalue weighted by Gasteiger charge is -2.09. The number of fused-ring (bicyclic) bond motifs is 1. The van der Waals surface area contributed by atoms with Gasteiger partial charge in [0.2, 0.25) is 0 Å². The molecule has 0 radical (unpaired) electrons. The minimum atomic E-state index is 0.255. The molecule has 1 saturated heterocycles. The fourth-order valence-electron chi connectivity index (χ4n) is 3.23. The first-order chi connectivity index (χ1) is 10.1. The molecule has 0 aromatic heterocycles. The summed E-state index contributed by atoms with van der Waals surface area (Å²) in [6, 6.07) is 17.7. The van der Waals surface area contributed by atoms with E-state index in [1.165, 1.54) is 20.4 Å². The Bertz CT molecular complexity index is 709. The fraction of sp³-hybridized carbons (Fsp3) is 0.235. The van der Waals surface area contributed by atoms with Crippen LogP contribution < -0.4 is 0 Å². The molecule has 21 heavy (non-hydrogen) atoms. The maximum absolute atomic E-state index is 5.99. The van der Waals surface area contributed by atoms with Gasteiger partial charge in [0.1, 0.15) is 6.17 Å². The standard InChI is InChI=1S/C17H14ClIN2/c1-10-20-15(11-4-8-14(19)9-5-11)17-16(21(10)17)12-2-6-13(18)7-3-12/h2-10,16-17H,1H3/t10-,16+,17+,21?/m1/s1. The monoisotopic (exact) mass is 408 g/mol. The number of aliphatic imine (C=N–C) groups is 1. The molecule has 0 amide bonds. The van der Waals surface area contributed by atoms with E-state index < -0.39 is 0 Å². The van der Waals surface area contributed by atoms with Crippen molar-refractivity contribution in [3.8, 4) is 0 Å². The highest BCUT2D eigenvalue weighted by Crippen LogP contribution is 2.50. The minimum Gasteiger partial charge on any atom is -0.269 e. The van der Waals surface area contributed by atoms with Gasteiger partial charge < -0.3 is 0 Å². The first kappa shape index (κ1) is 13.7. The molecule has 4 heteroatoms. The molecule has 2 aliphatic rings. The summed E-state index contributed by atoms with van der Waals surface area (Å²) in [6.45, 7) is 2.17. The smallest absolute Gasteiger partial charge is 0.101 e. The molecule has 0 spiro atoms. The third kappa shape index (κ3) is 2.31. The van der Waals surface area contributed by atoms with Crippen LogP contribution in [0.5, 0.6) is 0 Å². The van der Waals surface area contributed by atoms with Gasteiger partial charge in [-0.25, -0.2) is 0 Å². The molecule has 0 aliphatic carbocycles. The van der Waals surface area contributed by atoms with Crippen LogP contribution in [-0.2, 0) is 0 Å². The summed E-state index contributed by atoms with van der Waals surface area (Å²) in [6.07, 6.45) is 0.255. The predicted octanol–water partition coefficient (Wildman–Crippen LogP) is 4.52. The molecule has 2 nitrogen and oxygen atoms in total. The molecular weight excluding hydrogens is 395 g/mol. The van der Waals surface area contributed by atoms with Gasteiger partial charge >= 0.3 is 0 Å². The van der Waals surface area contributed by atoms with Gasteiger partial charge in [0.05, 0.1) is 17.8 Å². The normalized spacial score (nSPS) is 30.0. The molecule has 2 heterocycles. The Hall–Kier alpha value is -0.910. The second-order valence-electron chi connectivity index (χ2n) is 5.54. The highest BCUT2D eigenvalue weighted by Gasteiger charge is 2.57. The van der Waals surface area contributed by atoms with Crippen LogP contribution in [0.25, 0.3) is 0 Å². The fourth-order valence-corrected chi connectivity index (χ4v) is 3.71. The Morgan fingerprint density at radius 2 is 1.67 bits per heavy atom. The Morgan fingerprint density at radius 3 is 2.33 bits per heavy atom. The average molecular weight is 409 g/mol. The van der Waals surface area contributed by atoms with E-state index in [4.69, 9.17) is 16.6 Å². The van der Waals surface area contributed by atoms with Gasteiger partial charge in [-0.05, 0) is 64.9 Å². The third-order valence-corrected chi connectivity index (χ3v) is 5.21. The first-order valence-electron chi connectivity index (χ1n) is 7.02. The Kier molecular flexibility index (Phi) is 3.32. The molecule has 4 rings (SSSR count). The molecule has 0 bridgehead atoms. The Labute approximate surface area is 143 Å². The third-order valence-electron chi connectivity index (χ3n) is 4.24. The Morgan fingerprint density at radius 1 is 1.00 bits per heavy atom. The van der Waals surface area contributed by atoms with Crippen molar-refractivity contribution in [2.75, 3.05) is 0 Å². The van der Waals surface area contributed by atoms with Gasteiger partial charge in [0.25, 0.3) is 0 Å². The molecule has 2 aromatic carbocycles. The van der Waals surface area contributed by atoms with E-state index in [2.05, 4.69) is 70.8 Å². The molecule has 1 fully saturated rings. The van der Waals surface area contributed by atoms with Crippen LogP contribution in [0.3, 0.4) is 0 Å². The van der Waals surface area contributed by atoms with Crippen molar-refractivity contribution < 1.29 is 0 Å². The molecule has 0 N–H and O–H groups in total. The lowest BCUT2D eigenvalue weighted by atomic mass is 10.0. The van der Waals surface area contributed by atoms with Gasteiger partial charge in [-0.1, -0.05) is 35.9 Å². The van der Waals surface area contributed by atoms with E-state index in [9.17, 15) is 0 Å². The zero-order valence-corrected chi connectivity index (χ0v) is 14.4. The van der Waals surface area contributed by atoms with Gasteiger partial charge in [0, 0.05) is 8.59 Å². The van der Waals surface area contributed by atoms with Crippen LogP contribution in [0.2, 0.25) is 5.02 Å². The molecule has 2 aromatic rings. The molecule has 1 unspecified atom stereocenters. The van der Waals surface area contributed by atoms with Crippen molar-refractivity contribution in [2.45, 2.75) is 25.2 Å². The number of hydrogen-bond acceptors (Lipinski definition) is 2. The van der Waals surface area contributed by atoms with Crippen molar-refractivity contribution in [1.29, 1.82) is 0 Å². The second kappa shape index (κ2) is 5.07. The van der Waals surface area contributed by atoms with Crippen molar-refractivity contribution in [1.82, 2.24) is 4.90 Å². The largest absolute Gasteiger partial charge is 0.269 e. The van der Waals surface area contributed by atoms with E-state index in [1.807, 2.05) is 12.1 Å². The Balaban J connectivity index is 1.65. The maximum Gasteiger partial charge on any atom is 0.101 e. The van der Waals surface area contributed by atoms with Crippen LogP contribution >= 0.6 is 34.2 Å². The number of hydrogen-bond donors (Lipinski definition) is 0. The van der Waals surface area contributed by atoms with Gasteiger partial charge in [-0.2, -0.15) is 0 Å². The molecule has 2 aliphatic heterocycles. The highest BCUT2D eigenvalue weighted by molar-refractivity contribution is 14.1. The topological polar surface area (TPSA) is 15.4 Å². The number of rotatable bonds is 2. The zero-order valence-electron chi connectivity index (χ0n) is 11.5. The number of nitrogens with zero attached hydrogens (tertiary/aromatic N) is 2. The van der Waals surface area contributed by atoms with Crippen LogP contribution in [-0.4, -0.2) is 22.8 Å².